The Morgan fingerprint density at radius 3 is 2.00 bits per heavy atom. The maximum absolute atomic E-state index is 12.6. The van der Waals surface area contributed by atoms with Crippen LogP contribution in [0.25, 0.3) is 0 Å². The molecule has 2 amide bonds. The van der Waals surface area contributed by atoms with Crippen molar-refractivity contribution in [3.05, 3.63) is 88.4 Å². The quantitative estimate of drug-likeness (QED) is 0.377. The number of thiocarbonyl (C=S) groups is 1. The zero-order valence-corrected chi connectivity index (χ0v) is 20.9. The predicted molar refractivity (Wildman–Crippen MR) is 141 cm³/mol. The lowest BCUT2D eigenvalue weighted by molar-refractivity contribution is 0.0973. The summed E-state index contributed by atoms with van der Waals surface area (Å²) >= 11 is 11.2. The van der Waals surface area contributed by atoms with Gasteiger partial charge in [-0.1, -0.05) is 44.5 Å². The Bertz CT molecular complexity index is 1200. The topological polar surface area (TPSA) is 79.5 Å². The molecule has 0 fully saturated rings. The normalized spacial score (nSPS) is 10.9. The molecule has 0 spiro atoms. The van der Waals surface area contributed by atoms with Crippen molar-refractivity contribution in [3.8, 4) is 5.75 Å². The van der Waals surface area contributed by atoms with Crippen molar-refractivity contribution in [2.24, 2.45) is 0 Å². The van der Waals surface area contributed by atoms with Gasteiger partial charge in [0, 0.05) is 22.0 Å². The van der Waals surface area contributed by atoms with Crippen LogP contribution in [0.4, 0.5) is 11.4 Å². The van der Waals surface area contributed by atoms with Gasteiger partial charge in [-0.2, -0.15) is 0 Å². The lowest BCUT2D eigenvalue weighted by atomic mass is 9.87. The molecule has 0 aromatic heterocycles. The molecule has 3 rings (SSSR count). The van der Waals surface area contributed by atoms with Gasteiger partial charge >= 0.3 is 0 Å². The summed E-state index contributed by atoms with van der Waals surface area (Å²) in [5, 5.41) is 8.94. The number of amides is 2. The van der Waals surface area contributed by atoms with E-state index in [9.17, 15) is 9.59 Å². The summed E-state index contributed by atoms with van der Waals surface area (Å²) in [6, 6.07) is 19.3. The van der Waals surface area contributed by atoms with Gasteiger partial charge in [0.05, 0.1) is 12.7 Å². The van der Waals surface area contributed by atoms with Crippen LogP contribution < -0.4 is 20.7 Å². The third-order valence-corrected chi connectivity index (χ3v) is 5.49. The highest BCUT2D eigenvalue weighted by molar-refractivity contribution is 7.80. The first-order valence-corrected chi connectivity index (χ1v) is 11.3. The minimum Gasteiger partial charge on any atom is -0.496 e. The minimum atomic E-state index is -0.446. The number of carbonyl (C=O) groups is 2. The number of halogens is 1. The molecule has 3 N–H and O–H groups in total. The second kappa shape index (κ2) is 10.7. The molecule has 3 aromatic carbocycles. The van der Waals surface area contributed by atoms with Gasteiger partial charge in [0.15, 0.2) is 5.11 Å². The second-order valence-corrected chi connectivity index (χ2v) is 9.46. The SMILES string of the molecule is COc1ccc(Cl)cc1C(=O)NC(=S)Nc1ccc(NC(=O)c2ccc(C(C)(C)C)cc2)cc1. The van der Waals surface area contributed by atoms with Crippen molar-refractivity contribution in [2.75, 3.05) is 17.7 Å². The van der Waals surface area contributed by atoms with Gasteiger partial charge in [0.2, 0.25) is 0 Å². The first-order valence-electron chi connectivity index (χ1n) is 10.5. The van der Waals surface area contributed by atoms with E-state index in [1.165, 1.54) is 13.2 Å². The van der Waals surface area contributed by atoms with Gasteiger partial charge in [-0.05, 0) is 77.8 Å². The van der Waals surface area contributed by atoms with Crippen LogP contribution in [-0.4, -0.2) is 24.0 Å². The zero-order chi connectivity index (χ0) is 24.9. The molecule has 0 unspecified atom stereocenters. The van der Waals surface area contributed by atoms with Crippen LogP contribution in [0, 0.1) is 0 Å². The number of hydrogen-bond acceptors (Lipinski definition) is 4. The summed E-state index contributed by atoms with van der Waals surface area (Å²) in [4.78, 5) is 25.1. The van der Waals surface area contributed by atoms with E-state index in [4.69, 9.17) is 28.6 Å². The Kier molecular flexibility index (Phi) is 7.91. The fourth-order valence-corrected chi connectivity index (χ4v) is 3.53. The molecule has 176 valence electrons. The van der Waals surface area contributed by atoms with Crippen LogP contribution in [0.2, 0.25) is 5.02 Å². The molecule has 34 heavy (non-hydrogen) atoms. The molecule has 3 aromatic rings. The number of rotatable bonds is 5. The van der Waals surface area contributed by atoms with Crippen molar-refractivity contribution in [2.45, 2.75) is 26.2 Å². The van der Waals surface area contributed by atoms with Gasteiger partial charge in [-0.15, -0.1) is 0 Å². The summed E-state index contributed by atoms with van der Waals surface area (Å²) in [6.45, 7) is 6.38. The first kappa shape index (κ1) is 25.2. The molecular formula is C26H26ClN3O3S. The van der Waals surface area contributed by atoms with E-state index in [0.29, 0.717) is 27.7 Å². The van der Waals surface area contributed by atoms with Crippen LogP contribution in [0.1, 0.15) is 47.1 Å². The zero-order valence-electron chi connectivity index (χ0n) is 19.4. The molecule has 0 aliphatic heterocycles. The Hall–Kier alpha value is -3.42. The monoisotopic (exact) mass is 495 g/mol. The Labute approximate surface area is 209 Å². The van der Waals surface area contributed by atoms with Crippen LogP contribution in [0.15, 0.2) is 66.7 Å². The molecule has 0 saturated heterocycles. The Morgan fingerprint density at radius 1 is 0.853 bits per heavy atom. The summed E-state index contributed by atoms with van der Waals surface area (Å²) < 4.78 is 5.20. The molecule has 0 heterocycles. The highest BCUT2D eigenvalue weighted by atomic mass is 35.5. The van der Waals surface area contributed by atoms with Crippen LogP contribution in [0.3, 0.4) is 0 Å². The average molecular weight is 496 g/mol. The van der Waals surface area contributed by atoms with E-state index < -0.39 is 5.91 Å². The summed E-state index contributed by atoms with van der Waals surface area (Å²) in [6.07, 6.45) is 0. The molecule has 0 atom stereocenters. The van der Waals surface area contributed by atoms with Crippen molar-refractivity contribution >= 4 is 52.1 Å². The third-order valence-electron chi connectivity index (χ3n) is 5.05. The van der Waals surface area contributed by atoms with E-state index in [1.54, 1.807) is 36.4 Å². The van der Waals surface area contributed by atoms with E-state index in [-0.39, 0.29) is 22.0 Å². The predicted octanol–water partition coefficient (Wildman–Crippen LogP) is 6.03. The number of hydrogen-bond donors (Lipinski definition) is 3. The average Bonchev–Trinajstić information content (AvgIpc) is 2.79. The summed E-state index contributed by atoms with van der Waals surface area (Å²) in [7, 11) is 1.47. The maximum Gasteiger partial charge on any atom is 0.261 e. The number of ether oxygens (including phenoxy) is 1. The minimum absolute atomic E-state index is 0.0259. The van der Waals surface area contributed by atoms with Gasteiger partial charge in [0.1, 0.15) is 5.75 Å². The van der Waals surface area contributed by atoms with Crippen molar-refractivity contribution in [3.63, 3.8) is 0 Å². The molecule has 8 heteroatoms. The number of carbonyl (C=O) groups excluding carboxylic acids is 2. The molecule has 0 aliphatic rings. The smallest absolute Gasteiger partial charge is 0.261 e. The fourth-order valence-electron chi connectivity index (χ4n) is 3.15. The number of nitrogens with one attached hydrogen (secondary N) is 3. The van der Waals surface area contributed by atoms with Gasteiger partial charge in [-0.25, -0.2) is 0 Å². The van der Waals surface area contributed by atoms with Gasteiger partial charge in [-0.3, -0.25) is 14.9 Å². The number of benzene rings is 3. The van der Waals surface area contributed by atoms with E-state index in [0.717, 1.165) is 5.56 Å². The third kappa shape index (κ3) is 6.56. The van der Waals surface area contributed by atoms with E-state index >= 15 is 0 Å². The van der Waals surface area contributed by atoms with Crippen LogP contribution >= 0.6 is 23.8 Å². The van der Waals surface area contributed by atoms with Crippen molar-refractivity contribution in [1.82, 2.24) is 5.32 Å². The number of anilines is 2. The van der Waals surface area contributed by atoms with Gasteiger partial charge < -0.3 is 15.4 Å². The number of methoxy groups -OCH3 is 1. The largest absolute Gasteiger partial charge is 0.496 e. The van der Waals surface area contributed by atoms with Crippen LogP contribution in [0.5, 0.6) is 5.75 Å². The summed E-state index contributed by atoms with van der Waals surface area (Å²) in [5.74, 6) is -0.254. The lowest BCUT2D eigenvalue weighted by Crippen LogP contribution is -2.34. The van der Waals surface area contributed by atoms with E-state index in [2.05, 4.69) is 36.7 Å². The maximum atomic E-state index is 12.6. The first-order chi connectivity index (χ1) is 16.1. The molecular weight excluding hydrogens is 470 g/mol. The lowest BCUT2D eigenvalue weighted by Gasteiger charge is -2.19. The molecule has 0 saturated carbocycles. The Morgan fingerprint density at radius 2 is 1.44 bits per heavy atom. The van der Waals surface area contributed by atoms with E-state index in [1.807, 2.05) is 24.3 Å². The standard InChI is InChI=1S/C26H26ClN3O3S/c1-26(2,3)17-7-5-16(6-8-17)23(31)28-19-10-12-20(13-11-19)29-25(34)30-24(32)21-15-18(27)9-14-22(21)33-4/h5-15H,1-4H3,(H,28,31)(H2,29,30,32,34). The Balaban J connectivity index is 1.58. The highest BCUT2D eigenvalue weighted by Crippen LogP contribution is 2.24. The van der Waals surface area contributed by atoms with Crippen molar-refractivity contribution < 1.29 is 14.3 Å². The van der Waals surface area contributed by atoms with Gasteiger partial charge in [0.25, 0.3) is 11.8 Å². The molecule has 0 bridgehead atoms. The fraction of sp³-hybridized carbons (Fsp3) is 0.192. The van der Waals surface area contributed by atoms with Crippen molar-refractivity contribution in [1.29, 1.82) is 0 Å². The second-order valence-electron chi connectivity index (χ2n) is 8.61. The van der Waals surface area contributed by atoms with Crippen LogP contribution in [-0.2, 0) is 5.41 Å². The summed E-state index contributed by atoms with van der Waals surface area (Å²) in [5.41, 5.74) is 3.32. The molecule has 6 nitrogen and oxygen atoms in total. The highest BCUT2D eigenvalue weighted by Gasteiger charge is 2.16. The molecule has 0 radical (unpaired) electrons. The molecule has 0 aliphatic carbocycles.